The van der Waals surface area contributed by atoms with Crippen molar-refractivity contribution in [2.75, 3.05) is 5.32 Å². The molecule has 0 spiro atoms. The molecule has 0 fully saturated rings. The molecule has 0 amide bonds. The number of hydrogen-bond acceptors (Lipinski definition) is 2. The minimum atomic E-state index is -1.03. The largest absolute Gasteiger partial charge is 0.478 e. The Kier molecular flexibility index (Phi) is 4.38. The summed E-state index contributed by atoms with van der Waals surface area (Å²) in [5.41, 5.74) is 0.648. The van der Waals surface area contributed by atoms with E-state index in [1.807, 2.05) is 6.92 Å². The summed E-state index contributed by atoms with van der Waals surface area (Å²) in [5, 5.41) is 12.4. The Hall–Kier alpha value is -1.48. The lowest BCUT2D eigenvalue weighted by Crippen LogP contribution is -2.16. The maximum absolute atomic E-state index is 11.0. The third kappa shape index (κ3) is 3.00. The molecule has 2 N–H and O–H groups in total. The minimum absolute atomic E-state index is 0.111. The molecule has 1 aromatic carbocycles. The van der Waals surface area contributed by atoms with Crippen molar-refractivity contribution < 1.29 is 9.90 Å². The summed E-state index contributed by atoms with van der Waals surface area (Å²) < 4.78 is 0. The number of anilines is 1. The summed E-state index contributed by atoms with van der Waals surface area (Å²) in [6.07, 6.45) is 2.54. The molecule has 0 aliphatic rings. The van der Waals surface area contributed by atoms with Gasteiger partial charge in [0.05, 0.1) is 10.7 Å². The zero-order valence-corrected chi connectivity index (χ0v) is 9.79. The molecule has 0 aliphatic carbocycles. The predicted molar refractivity (Wildman–Crippen MR) is 66.3 cm³/mol. The maximum atomic E-state index is 11.0. The van der Waals surface area contributed by atoms with Crippen LogP contribution < -0.4 is 5.32 Å². The molecule has 4 heteroatoms. The Bertz CT molecular complexity index is 404. The molecule has 0 saturated carbocycles. The first kappa shape index (κ1) is 12.6. The molecule has 0 radical (unpaired) electrons. The SMILES string of the molecule is C=CCC(C)Nc1cccc(Cl)c1C(=O)O. The molecular formula is C12H14ClNO2. The average molecular weight is 240 g/mol. The highest BCUT2D eigenvalue weighted by Gasteiger charge is 2.15. The van der Waals surface area contributed by atoms with Gasteiger partial charge in [-0.1, -0.05) is 23.7 Å². The Morgan fingerprint density at radius 1 is 1.69 bits per heavy atom. The predicted octanol–water partition coefficient (Wildman–Crippen LogP) is 3.41. The van der Waals surface area contributed by atoms with Crippen LogP contribution >= 0.6 is 11.6 Å². The summed E-state index contributed by atoms with van der Waals surface area (Å²) >= 11 is 5.84. The minimum Gasteiger partial charge on any atom is -0.478 e. The van der Waals surface area contributed by atoms with E-state index in [9.17, 15) is 4.79 Å². The molecule has 3 nitrogen and oxygen atoms in total. The van der Waals surface area contributed by atoms with E-state index in [0.717, 1.165) is 6.42 Å². The van der Waals surface area contributed by atoms with Crippen LogP contribution in [-0.4, -0.2) is 17.1 Å². The Labute approximate surface area is 99.7 Å². The number of carboxylic acids is 1. The molecule has 0 aromatic heterocycles. The number of nitrogens with one attached hydrogen (secondary N) is 1. The maximum Gasteiger partial charge on any atom is 0.339 e. The van der Waals surface area contributed by atoms with E-state index in [2.05, 4.69) is 11.9 Å². The number of carbonyl (C=O) groups is 1. The molecule has 1 aromatic rings. The zero-order valence-electron chi connectivity index (χ0n) is 9.03. The lowest BCUT2D eigenvalue weighted by atomic mass is 10.1. The molecule has 1 atom stereocenters. The van der Waals surface area contributed by atoms with Crippen molar-refractivity contribution in [1.82, 2.24) is 0 Å². The smallest absolute Gasteiger partial charge is 0.339 e. The average Bonchev–Trinajstić information content (AvgIpc) is 2.17. The molecular weight excluding hydrogens is 226 g/mol. The summed E-state index contributed by atoms with van der Waals surface area (Å²) in [6.45, 7) is 5.59. The summed E-state index contributed by atoms with van der Waals surface area (Å²) in [5.74, 6) is -1.03. The van der Waals surface area contributed by atoms with Crippen molar-refractivity contribution in [1.29, 1.82) is 0 Å². The van der Waals surface area contributed by atoms with Crippen LogP contribution in [0, 0.1) is 0 Å². The number of hydrogen-bond donors (Lipinski definition) is 2. The van der Waals surface area contributed by atoms with Crippen LogP contribution in [-0.2, 0) is 0 Å². The van der Waals surface area contributed by atoms with Gasteiger partial charge in [0.25, 0.3) is 0 Å². The van der Waals surface area contributed by atoms with Crippen molar-refractivity contribution in [3.63, 3.8) is 0 Å². The van der Waals surface area contributed by atoms with Gasteiger partial charge in [0.1, 0.15) is 5.56 Å². The molecule has 1 rings (SSSR count). The lowest BCUT2D eigenvalue weighted by Gasteiger charge is -2.15. The van der Waals surface area contributed by atoms with Crippen molar-refractivity contribution in [2.45, 2.75) is 19.4 Å². The van der Waals surface area contributed by atoms with Crippen molar-refractivity contribution >= 4 is 23.3 Å². The van der Waals surface area contributed by atoms with Gasteiger partial charge >= 0.3 is 5.97 Å². The van der Waals surface area contributed by atoms with Gasteiger partial charge in [-0.2, -0.15) is 0 Å². The first-order chi connectivity index (χ1) is 7.56. The second-order valence-electron chi connectivity index (χ2n) is 3.54. The van der Waals surface area contributed by atoms with E-state index in [4.69, 9.17) is 16.7 Å². The van der Waals surface area contributed by atoms with E-state index in [1.54, 1.807) is 24.3 Å². The van der Waals surface area contributed by atoms with Gasteiger partial charge in [-0.3, -0.25) is 0 Å². The van der Waals surface area contributed by atoms with Gasteiger partial charge in [-0.15, -0.1) is 6.58 Å². The van der Waals surface area contributed by atoms with Crippen LogP contribution in [0.2, 0.25) is 5.02 Å². The van der Waals surface area contributed by atoms with E-state index in [-0.39, 0.29) is 16.6 Å². The van der Waals surface area contributed by atoms with Crippen LogP contribution in [0.1, 0.15) is 23.7 Å². The Morgan fingerprint density at radius 3 is 2.94 bits per heavy atom. The van der Waals surface area contributed by atoms with Gasteiger partial charge in [-0.05, 0) is 25.5 Å². The third-order valence-corrected chi connectivity index (χ3v) is 2.46. The number of carboxylic acid groups (broad SMARTS) is 1. The van der Waals surface area contributed by atoms with Crippen molar-refractivity contribution in [3.8, 4) is 0 Å². The quantitative estimate of drug-likeness (QED) is 0.774. The van der Waals surface area contributed by atoms with E-state index in [0.29, 0.717) is 5.69 Å². The van der Waals surface area contributed by atoms with Crippen LogP contribution in [0.5, 0.6) is 0 Å². The van der Waals surface area contributed by atoms with Crippen LogP contribution in [0.3, 0.4) is 0 Å². The fourth-order valence-corrected chi connectivity index (χ4v) is 1.69. The number of benzene rings is 1. The summed E-state index contributed by atoms with van der Waals surface area (Å²) in [7, 11) is 0. The fraction of sp³-hybridized carbons (Fsp3) is 0.250. The highest BCUT2D eigenvalue weighted by atomic mass is 35.5. The number of rotatable bonds is 5. The molecule has 1 unspecified atom stereocenters. The fourth-order valence-electron chi connectivity index (χ4n) is 1.44. The van der Waals surface area contributed by atoms with Gasteiger partial charge < -0.3 is 10.4 Å². The normalized spacial score (nSPS) is 11.9. The molecule has 0 aliphatic heterocycles. The lowest BCUT2D eigenvalue weighted by molar-refractivity contribution is 0.0698. The second kappa shape index (κ2) is 5.56. The molecule has 0 heterocycles. The molecule has 16 heavy (non-hydrogen) atoms. The van der Waals surface area contributed by atoms with E-state index in [1.165, 1.54) is 0 Å². The number of aromatic carboxylic acids is 1. The number of halogens is 1. The van der Waals surface area contributed by atoms with Crippen LogP contribution in [0.25, 0.3) is 0 Å². The highest BCUT2D eigenvalue weighted by molar-refractivity contribution is 6.34. The van der Waals surface area contributed by atoms with E-state index >= 15 is 0 Å². The summed E-state index contributed by atoms with van der Waals surface area (Å²) in [4.78, 5) is 11.0. The molecule has 86 valence electrons. The third-order valence-electron chi connectivity index (χ3n) is 2.15. The van der Waals surface area contributed by atoms with Crippen LogP contribution in [0.15, 0.2) is 30.9 Å². The van der Waals surface area contributed by atoms with Gasteiger partial charge in [-0.25, -0.2) is 4.79 Å². The monoisotopic (exact) mass is 239 g/mol. The van der Waals surface area contributed by atoms with Gasteiger partial charge in [0.15, 0.2) is 0 Å². The van der Waals surface area contributed by atoms with E-state index < -0.39 is 5.97 Å². The highest BCUT2D eigenvalue weighted by Crippen LogP contribution is 2.25. The standard InChI is InChI=1S/C12H14ClNO2/c1-3-5-8(2)14-10-7-4-6-9(13)11(10)12(15)16/h3-4,6-8,14H,1,5H2,2H3,(H,15,16). The first-order valence-electron chi connectivity index (χ1n) is 4.95. The summed E-state index contributed by atoms with van der Waals surface area (Å²) in [6, 6.07) is 5.11. The van der Waals surface area contributed by atoms with Crippen molar-refractivity contribution in [3.05, 3.63) is 41.4 Å². The van der Waals surface area contributed by atoms with Crippen LogP contribution in [0.4, 0.5) is 5.69 Å². The topological polar surface area (TPSA) is 49.3 Å². The van der Waals surface area contributed by atoms with Gasteiger partial charge in [0.2, 0.25) is 0 Å². The Morgan fingerprint density at radius 2 is 2.38 bits per heavy atom. The first-order valence-corrected chi connectivity index (χ1v) is 5.33. The molecule has 0 saturated heterocycles. The zero-order chi connectivity index (χ0) is 12.1. The van der Waals surface area contributed by atoms with Gasteiger partial charge in [0, 0.05) is 6.04 Å². The second-order valence-corrected chi connectivity index (χ2v) is 3.94. The molecule has 0 bridgehead atoms. The Balaban J connectivity index is 2.99. The van der Waals surface area contributed by atoms with Crippen molar-refractivity contribution in [2.24, 2.45) is 0 Å².